The summed E-state index contributed by atoms with van der Waals surface area (Å²) in [5.74, 6) is 0.120. The predicted octanol–water partition coefficient (Wildman–Crippen LogP) is 1.73. The lowest BCUT2D eigenvalue weighted by atomic mass is 9.95. The molecule has 20 heavy (non-hydrogen) atoms. The van der Waals surface area contributed by atoms with Gasteiger partial charge in [-0.2, -0.15) is 0 Å². The van der Waals surface area contributed by atoms with Gasteiger partial charge in [0.1, 0.15) is 11.4 Å². The Labute approximate surface area is 123 Å². The molecule has 0 fully saturated rings. The Balaban J connectivity index is 2.76. The number of nitrogens with two attached hydrogens (primary N) is 1. The van der Waals surface area contributed by atoms with Crippen molar-refractivity contribution in [2.24, 2.45) is 5.92 Å². The molecule has 7 heteroatoms. The molecule has 0 aliphatic carbocycles. The maximum absolute atomic E-state index is 11.6. The Kier molecular flexibility index (Phi) is 5.76. The van der Waals surface area contributed by atoms with Crippen LogP contribution >= 0.6 is 11.8 Å². The summed E-state index contributed by atoms with van der Waals surface area (Å²) in [6, 6.07) is 0. The third-order valence-corrected chi connectivity index (χ3v) is 4.21. The molecule has 0 radical (unpaired) electrons. The molecule has 1 unspecified atom stereocenters. The van der Waals surface area contributed by atoms with E-state index in [9.17, 15) is 9.90 Å². The first-order valence-corrected chi connectivity index (χ1v) is 7.41. The fourth-order valence-electron chi connectivity index (χ4n) is 1.19. The quantitative estimate of drug-likeness (QED) is 0.469. The Morgan fingerprint density at radius 3 is 2.75 bits per heavy atom. The second-order valence-corrected chi connectivity index (χ2v) is 5.92. The first-order valence-electron chi connectivity index (χ1n) is 6.42. The van der Waals surface area contributed by atoms with E-state index in [2.05, 4.69) is 9.97 Å². The van der Waals surface area contributed by atoms with E-state index in [0.29, 0.717) is 10.9 Å². The van der Waals surface area contributed by atoms with Crippen molar-refractivity contribution in [2.45, 2.75) is 38.5 Å². The number of anilines is 1. The maximum atomic E-state index is 11.6. The summed E-state index contributed by atoms with van der Waals surface area (Å²) < 4.78 is 4.85. The number of aromatic nitrogens is 2. The Morgan fingerprint density at radius 2 is 2.25 bits per heavy atom. The minimum Gasteiger partial charge on any atom is -0.462 e. The van der Waals surface area contributed by atoms with Crippen LogP contribution < -0.4 is 5.73 Å². The molecule has 0 spiro atoms. The van der Waals surface area contributed by atoms with Gasteiger partial charge in [-0.15, -0.1) is 0 Å². The summed E-state index contributed by atoms with van der Waals surface area (Å²) in [5.41, 5.74) is 5.07. The molecule has 6 nitrogen and oxygen atoms in total. The Morgan fingerprint density at radius 1 is 1.60 bits per heavy atom. The first-order chi connectivity index (χ1) is 9.27. The van der Waals surface area contributed by atoms with E-state index in [1.54, 1.807) is 13.8 Å². The van der Waals surface area contributed by atoms with Gasteiger partial charge in [-0.3, -0.25) is 0 Å². The first kappa shape index (κ1) is 16.7. The largest absolute Gasteiger partial charge is 0.462 e. The van der Waals surface area contributed by atoms with E-state index in [-0.39, 0.29) is 23.9 Å². The van der Waals surface area contributed by atoms with Crippen LogP contribution in [0.4, 0.5) is 5.82 Å². The van der Waals surface area contributed by atoms with Crippen molar-refractivity contribution in [1.29, 1.82) is 0 Å². The summed E-state index contributed by atoms with van der Waals surface area (Å²) in [7, 11) is 0. The summed E-state index contributed by atoms with van der Waals surface area (Å²) in [6.07, 6.45) is 1.35. The number of hydrogen-bond donors (Lipinski definition) is 2. The lowest BCUT2D eigenvalue weighted by Gasteiger charge is -2.26. The molecule has 112 valence electrons. The molecular weight excluding hydrogens is 278 g/mol. The molecule has 0 saturated carbocycles. The molecule has 0 aliphatic rings. The van der Waals surface area contributed by atoms with E-state index in [4.69, 9.17) is 10.5 Å². The van der Waals surface area contributed by atoms with Crippen LogP contribution in [0.25, 0.3) is 0 Å². The number of carbonyl (C=O) groups is 1. The molecule has 0 amide bonds. The van der Waals surface area contributed by atoms with Gasteiger partial charge in [0.15, 0.2) is 5.16 Å². The molecule has 0 bridgehead atoms. The highest BCUT2D eigenvalue weighted by atomic mass is 32.2. The zero-order valence-electron chi connectivity index (χ0n) is 12.2. The van der Waals surface area contributed by atoms with Gasteiger partial charge in [-0.25, -0.2) is 14.8 Å². The fraction of sp³-hybridized carbons (Fsp3) is 0.615. The van der Waals surface area contributed by atoms with Crippen LogP contribution in [0.1, 0.15) is 38.1 Å². The van der Waals surface area contributed by atoms with Crippen LogP contribution in [0.2, 0.25) is 0 Å². The average Bonchev–Trinajstić information content (AvgIpc) is 2.36. The minimum atomic E-state index is -0.817. The molecule has 1 heterocycles. The predicted molar refractivity (Wildman–Crippen MR) is 78.6 cm³/mol. The van der Waals surface area contributed by atoms with Gasteiger partial charge >= 0.3 is 5.97 Å². The van der Waals surface area contributed by atoms with Crippen molar-refractivity contribution in [3.05, 3.63) is 11.8 Å². The SMILES string of the molecule is CCOC(=O)c1cnc(SCC(C)(O)C(C)C)nc1N. The smallest absolute Gasteiger partial charge is 0.343 e. The average molecular weight is 299 g/mol. The third-order valence-electron chi connectivity index (χ3n) is 3.03. The van der Waals surface area contributed by atoms with Gasteiger partial charge in [-0.05, 0) is 19.8 Å². The number of nitrogen functional groups attached to an aromatic ring is 1. The van der Waals surface area contributed by atoms with Crippen LogP contribution in [0, 0.1) is 5.92 Å². The molecule has 3 N–H and O–H groups in total. The maximum Gasteiger partial charge on any atom is 0.343 e. The lowest BCUT2D eigenvalue weighted by molar-refractivity contribution is 0.0375. The number of thioether (sulfide) groups is 1. The van der Waals surface area contributed by atoms with Crippen LogP contribution in [0.15, 0.2) is 11.4 Å². The van der Waals surface area contributed by atoms with Gasteiger partial charge in [0.05, 0.1) is 12.2 Å². The van der Waals surface area contributed by atoms with E-state index < -0.39 is 11.6 Å². The van der Waals surface area contributed by atoms with E-state index in [0.717, 1.165) is 0 Å². The lowest BCUT2D eigenvalue weighted by Crippen LogP contribution is -2.33. The second-order valence-electron chi connectivity index (χ2n) is 4.97. The zero-order chi connectivity index (χ0) is 15.3. The summed E-state index contributed by atoms with van der Waals surface area (Å²) in [4.78, 5) is 19.7. The van der Waals surface area contributed by atoms with Crippen molar-refractivity contribution in [2.75, 3.05) is 18.1 Å². The van der Waals surface area contributed by atoms with Gasteiger partial charge < -0.3 is 15.6 Å². The topological polar surface area (TPSA) is 98.3 Å². The van der Waals surface area contributed by atoms with Gasteiger partial charge in [0.25, 0.3) is 0 Å². The Hall–Kier alpha value is -1.34. The Bertz CT molecular complexity index is 478. The van der Waals surface area contributed by atoms with Gasteiger partial charge in [-0.1, -0.05) is 25.6 Å². The number of hydrogen-bond acceptors (Lipinski definition) is 7. The van der Waals surface area contributed by atoms with Crippen molar-refractivity contribution in [1.82, 2.24) is 9.97 Å². The van der Waals surface area contributed by atoms with E-state index >= 15 is 0 Å². The standard InChI is InChI=1S/C13H21N3O3S/c1-5-19-11(17)9-6-15-12(16-10(9)14)20-7-13(4,18)8(2)3/h6,8,18H,5,7H2,1-4H3,(H2,14,15,16). The normalized spacial score (nSPS) is 14.1. The van der Waals surface area contributed by atoms with Crippen molar-refractivity contribution >= 4 is 23.5 Å². The number of ether oxygens (including phenoxy) is 1. The molecule has 1 aromatic heterocycles. The van der Waals surface area contributed by atoms with E-state index in [1.165, 1.54) is 18.0 Å². The molecule has 1 atom stereocenters. The molecule has 1 aromatic rings. The number of carbonyl (C=O) groups excluding carboxylic acids is 1. The molecular formula is C13H21N3O3S. The highest BCUT2D eigenvalue weighted by Crippen LogP contribution is 2.25. The van der Waals surface area contributed by atoms with Crippen molar-refractivity contribution < 1.29 is 14.6 Å². The molecule has 0 aromatic carbocycles. The fourth-order valence-corrected chi connectivity index (χ4v) is 2.24. The van der Waals surface area contributed by atoms with Crippen LogP contribution in [-0.2, 0) is 4.74 Å². The van der Waals surface area contributed by atoms with Gasteiger partial charge in [0.2, 0.25) is 0 Å². The summed E-state index contributed by atoms with van der Waals surface area (Å²) in [6.45, 7) is 7.64. The summed E-state index contributed by atoms with van der Waals surface area (Å²) in [5, 5.41) is 10.6. The molecule has 0 saturated heterocycles. The number of nitrogens with zero attached hydrogens (tertiary/aromatic N) is 2. The van der Waals surface area contributed by atoms with Crippen LogP contribution in [0.3, 0.4) is 0 Å². The van der Waals surface area contributed by atoms with Crippen LogP contribution in [-0.4, -0.2) is 39.0 Å². The molecule has 1 rings (SSSR count). The van der Waals surface area contributed by atoms with E-state index in [1.807, 2.05) is 13.8 Å². The van der Waals surface area contributed by atoms with Crippen molar-refractivity contribution in [3.63, 3.8) is 0 Å². The number of esters is 1. The van der Waals surface area contributed by atoms with Crippen LogP contribution in [0.5, 0.6) is 0 Å². The second kappa shape index (κ2) is 6.90. The van der Waals surface area contributed by atoms with Crippen molar-refractivity contribution in [3.8, 4) is 0 Å². The highest BCUT2D eigenvalue weighted by molar-refractivity contribution is 7.99. The number of aliphatic hydroxyl groups is 1. The third kappa shape index (κ3) is 4.35. The monoisotopic (exact) mass is 299 g/mol. The molecule has 0 aliphatic heterocycles. The van der Waals surface area contributed by atoms with Gasteiger partial charge in [0, 0.05) is 11.9 Å². The highest BCUT2D eigenvalue weighted by Gasteiger charge is 2.25. The summed E-state index contributed by atoms with van der Waals surface area (Å²) >= 11 is 1.30. The zero-order valence-corrected chi connectivity index (χ0v) is 13.0. The minimum absolute atomic E-state index is 0.0881. The number of rotatable bonds is 6.